The lowest BCUT2D eigenvalue weighted by molar-refractivity contribution is -0.114. The number of carbonyl (C=O) groups excluding carboxylic acids is 2. The quantitative estimate of drug-likeness (QED) is 0.883. The lowest BCUT2D eigenvalue weighted by Crippen LogP contribution is -2.13. The van der Waals surface area contributed by atoms with Crippen molar-refractivity contribution in [1.29, 1.82) is 0 Å². The molecule has 0 fully saturated rings. The fraction of sp³-hybridized carbons (Fsp3) is 0.125. The number of aryl methyl sites for hydroxylation is 1. The summed E-state index contributed by atoms with van der Waals surface area (Å²) in [5.41, 5.74) is 2.76. The van der Waals surface area contributed by atoms with Crippen molar-refractivity contribution in [3.8, 4) is 0 Å². The summed E-state index contributed by atoms with van der Waals surface area (Å²) in [7, 11) is 0. The van der Waals surface area contributed by atoms with Crippen molar-refractivity contribution in [1.82, 2.24) is 0 Å². The van der Waals surface area contributed by atoms with Crippen LogP contribution in [0.4, 0.5) is 11.4 Å². The molecular weight excluding hydrogens is 332 g/mol. The SMILES string of the molecule is CC(=O)Nc1cc(C(=O)Nc2ccc(Br)cc2)ccc1C. The Morgan fingerprint density at radius 2 is 1.67 bits per heavy atom. The zero-order valence-electron chi connectivity index (χ0n) is 11.7. The fourth-order valence-corrected chi connectivity index (χ4v) is 2.09. The molecule has 0 unspecified atom stereocenters. The van der Waals surface area contributed by atoms with Gasteiger partial charge in [-0.3, -0.25) is 9.59 Å². The molecule has 5 heteroatoms. The van der Waals surface area contributed by atoms with E-state index < -0.39 is 0 Å². The van der Waals surface area contributed by atoms with E-state index in [9.17, 15) is 9.59 Å². The molecule has 0 aliphatic rings. The van der Waals surface area contributed by atoms with Gasteiger partial charge in [-0.1, -0.05) is 22.0 Å². The van der Waals surface area contributed by atoms with Crippen molar-refractivity contribution in [3.63, 3.8) is 0 Å². The van der Waals surface area contributed by atoms with Crippen molar-refractivity contribution in [2.75, 3.05) is 10.6 Å². The molecule has 4 nitrogen and oxygen atoms in total. The molecule has 108 valence electrons. The van der Waals surface area contributed by atoms with Crippen LogP contribution in [-0.2, 0) is 4.79 Å². The molecule has 0 aliphatic carbocycles. The van der Waals surface area contributed by atoms with Crippen molar-refractivity contribution in [2.24, 2.45) is 0 Å². The van der Waals surface area contributed by atoms with E-state index in [2.05, 4.69) is 26.6 Å². The molecular formula is C16H15BrN2O2. The molecule has 0 saturated carbocycles. The average molecular weight is 347 g/mol. The molecule has 2 aromatic rings. The van der Waals surface area contributed by atoms with Crippen molar-refractivity contribution >= 4 is 39.1 Å². The third-order valence-electron chi connectivity index (χ3n) is 2.91. The van der Waals surface area contributed by atoms with Gasteiger partial charge >= 0.3 is 0 Å². The number of nitrogens with one attached hydrogen (secondary N) is 2. The Bertz CT molecular complexity index is 681. The van der Waals surface area contributed by atoms with Crippen molar-refractivity contribution < 1.29 is 9.59 Å². The molecule has 2 aromatic carbocycles. The second-order valence-electron chi connectivity index (χ2n) is 4.67. The minimum Gasteiger partial charge on any atom is -0.326 e. The van der Waals surface area contributed by atoms with E-state index in [-0.39, 0.29) is 11.8 Å². The van der Waals surface area contributed by atoms with Crippen LogP contribution in [0.2, 0.25) is 0 Å². The van der Waals surface area contributed by atoms with E-state index >= 15 is 0 Å². The number of carbonyl (C=O) groups is 2. The van der Waals surface area contributed by atoms with E-state index in [1.807, 2.05) is 37.3 Å². The zero-order valence-corrected chi connectivity index (χ0v) is 13.3. The average Bonchev–Trinajstić information content (AvgIpc) is 2.43. The summed E-state index contributed by atoms with van der Waals surface area (Å²) in [5, 5.41) is 5.53. The van der Waals surface area contributed by atoms with E-state index in [1.54, 1.807) is 12.1 Å². The molecule has 0 saturated heterocycles. The number of halogens is 1. The first-order valence-electron chi connectivity index (χ1n) is 6.41. The topological polar surface area (TPSA) is 58.2 Å². The highest BCUT2D eigenvalue weighted by atomic mass is 79.9. The molecule has 0 aromatic heterocycles. The predicted molar refractivity (Wildman–Crippen MR) is 87.6 cm³/mol. The van der Waals surface area contributed by atoms with Gasteiger partial charge in [0.25, 0.3) is 5.91 Å². The van der Waals surface area contributed by atoms with Gasteiger partial charge in [-0.2, -0.15) is 0 Å². The Kier molecular flexibility index (Phi) is 4.75. The van der Waals surface area contributed by atoms with E-state index in [0.717, 1.165) is 10.0 Å². The second-order valence-corrected chi connectivity index (χ2v) is 5.59. The van der Waals surface area contributed by atoms with Gasteiger partial charge in [0.2, 0.25) is 5.91 Å². The number of rotatable bonds is 3. The molecule has 0 spiro atoms. The zero-order chi connectivity index (χ0) is 15.4. The Morgan fingerprint density at radius 1 is 1.00 bits per heavy atom. The van der Waals surface area contributed by atoms with Gasteiger partial charge in [0.1, 0.15) is 0 Å². The van der Waals surface area contributed by atoms with Crippen LogP contribution >= 0.6 is 15.9 Å². The van der Waals surface area contributed by atoms with Gasteiger partial charge in [-0.25, -0.2) is 0 Å². The minimum absolute atomic E-state index is 0.163. The van der Waals surface area contributed by atoms with Crippen LogP contribution < -0.4 is 10.6 Å². The molecule has 2 N–H and O–H groups in total. The standard InChI is InChI=1S/C16H15BrN2O2/c1-10-3-4-12(9-15(10)18-11(2)20)16(21)19-14-7-5-13(17)6-8-14/h3-9H,1-2H3,(H,18,20)(H,19,21). The lowest BCUT2D eigenvalue weighted by Gasteiger charge is -2.10. The molecule has 0 bridgehead atoms. The smallest absolute Gasteiger partial charge is 0.255 e. The van der Waals surface area contributed by atoms with E-state index in [0.29, 0.717) is 16.9 Å². The molecule has 2 rings (SSSR count). The van der Waals surface area contributed by atoms with E-state index in [1.165, 1.54) is 6.92 Å². The first-order valence-corrected chi connectivity index (χ1v) is 7.20. The minimum atomic E-state index is -0.219. The predicted octanol–water partition coefficient (Wildman–Crippen LogP) is 3.97. The maximum Gasteiger partial charge on any atom is 0.255 e. The van der Waals surface area contributed by atoms with Crippen LogP contribution in [0.15, 0.2) is 46.9 Å². The highest BCUT2D eigenvalue weighted by Crippen LogP contribution is 2.19. The Labute approximate surface area is 131 Å². The number of anilines is 2. The Morgan fingerprint density at radius 3 is 2.29 bits per heavy atom. The summed E-state index contributed by atoms with van der Waals surface area (Å²) in [6.07, 6.45) is 0. The monoisotopic (exact) mass is 346 g/mol. The van der Waals surface area contributed by atoms with Crippen LogP contribution in [0.5, 0.6) is 0 Å². The third-order valence-corrected chi connectivity index (χ3v) is 3.44. The summed E-state index contributed by atoms with van der Waals surface area (Å²) in [4.78, 5) is 23.4. The maximum atomic E-state index is 12.2. The summed E-state index contributed by atoms with van der Waals surface area (Å²) in [6.45, 7) is 3.32. The van der Waals surface area contributed by atoms with Gasteiger partial charge in [0.05, 0.1) is 0 Å². The number of benzene rings is 2. The molecule has 0 heterocycles. The van der Waals surface area contributed by atoms with Crippen LogP contribution in [0.3, 0.4) is 0 Å². The Balaban J connectivity index is 2.19. The van der Waals surface area contributed by atoms with Gasteiger partial charge < -0.3 is 10.6 Å². The first-order chi connectivity index (χ1) is 9.95. The lowest BCUT2D eigenvalue weighted by atomic mass is 10.1. The maximum absolute atomic E-state index is 12.2. The van der Waals surface area contributed by atoms with Gasteiger partial charge in [0.15, 0.2) is 0 Å². The summed E-state index contributed by atoms with van der Waals surface area (Å²) >= 11 is 3.34. The number of hydrogen-bond acceptors (Lipinski definition) is 2. The Hall–Kier alpha value is -2.14. The van der Waals surface area contributed by atoms with Gasteiger partial charge in [-0.15, -0.1) is 0 Å². The normalized spacial score (nSPS) is 10.0. The largest absolute Gasteiger partial charge is 0.326 e. The fourth-order valence-electron chi connectivity index (χ4n) is 1.82. The highest BCUT2D eigenvalue weighted by molar-refractivity contribution is 9.10. The summed E-state index contributed by atoms with van der Waals surface area (Å²) in [6, 6.07) is 12.5. The molecule has 21 heavy (non-hydrogen) atoms. The van der Waals surface area contributed by atoms with Gasteiger partial charge in [-0.05, 0) is 48.9 Å². The summed E-state index contributed by atoms with van der Waals surface area (Å²) < 4.78 is 0.948. The number of hydrogen-bond donors (Lipinski definition) is 2. The molecule has 0 radical (unpaired) electrons. The first kappa shape index (κ1) is 15.3. The van der Waals surface area contributed by atoms with E-state index in [4.69, 9.17) is 0 Å². The van der Waals surface area contributed by atoms with Crippen LogP contribution in [0, 0.1) is 6.92 Å². The van der Waals surface area contributed by atoms with Crippen LogP contribution in [0.25, 0.3) is 0 Å². The van der Waals surface area contributed by atoms with Gasteiger partial charge in [0, 0.05) is 28.3 Å². The highest BCUT2D eigenvalue weighted by Gasteiger charge is 2.09. The van der Waals surface area contributed by atoms with Crippen LogP contribution in [0.1, 0.15) is 22.8 Å². The molecule has 2 amide bonds. The molecule has 0 aliphatic heterocycles. The third kappa shape index (κ3) is 4.16. The van der Waals surface area contributed by atoms with Crippen molar-refractivity contribution in [2.45, 2.75) is 13.8 Å². The molecule has 0 atom stereocenters. The van der Waals surface area contributed by atoms with Crippen LogP contribution in [-0.4, -0.2) is 11.8 Å². The van der Waals surface area contributed by atoms with Crippen molar-refractivity contribution in [3.05, 3.63) is 58.1 Å². The second kappa shape index (κ2) is 6.54. The summed E-state index contributed by atoms with van der Waals surface area (Å²) in [5.74, 6) is -0.382. The number of amides is 2.